The average Bonchev–Trinajstić information content (AvgIpc) is 2.39. The van der Waals surface area contributed by atoms with Crippen molar-refractivity contribution in [2.45, 2.75) is 6.04 Å². The number of nitrogens with one attached hydrogen (secondary N) is 1. The van der Waals surface area contributed by atoms with Gasteiger partial charge in [-0.15, -0.1) is 0 Å². The Morgan fingerprint density at radius 3 is 2.56 bits per heavy atom. The number of non-ortho nitro benzene ring substituents is 1. The fourth-order valence-electron chi connectivity index (χ4n) is 1.44. The average molecular weight is 253 g/mol. The van der Waals surface area contributed by atoms with Gasteiger partial charge in [0.25, 0.3) is 5.69 Å². The minimum Gasteiger partial charge on any atom is -0.468 e. The van der Waals surface area contributed by atoms with Crippen LogP contribution in [0.15, 0.2) is 24.3 Å². The number of ether oxygens (including phenoxy) is 1. The van der Waals surface area contributed by atoms with Crippen molar-refractivity contribution >= 4 is 11.7 Å². The summed E-state index contributed by atoms with van der Waals surface area (Å²) in [4.78, 5) is 21.0. The van der Waals surface area contributed by atoms with E-state index in [-0.39, 0.29) is 24.8 Å². The first-order valence-corrected chi connectivity index (χ1v) is 5.33. The summed E-state index contributed by atoms with van der Waals surface area (Å²) in [5.74, 6) is -0.393. The Morgan fingerprint density at radius 1 is 1.50 bits per heavy atom. The van der Waals surface area contributed by atoms with Gasteiger partial charge in [-0.05, 0) is 5.56 Å². The van der Waals surface area contributed by atoms with Crippen molar-refractivity contribution in [3.8, 4) is 0 Å². The molecule has 18 heavy (non-hydrogen) atoms. The van der Waals surface area contributed by atoms with Crippen LogP contribution in [0.2, 0.25) is 0 Å². The number of hydrogen-bond acceptors (Lipinski definition) is 6. The Morgan fingerprint density at radius 2 is 2.11 bits per heavy atom. The van der Waals surface area contributed by atoms with Crippen molar-refractivity contribution in [2.24, 2.45) is 5.73 Å². The Kier molecular flexibility index (Phi) is 5.22. The number of methoxy groups -OCH3 is 1. The third-order valence-corrected chi connectivity index (χ3v) is 2.46. The normalized spacial score (nSPS) is 11.9. The van der Waals surface area contributed by atoms with Crippen LogP contribution in [-0.2, 0) is 9.53 Å². The molecule has 0 heterocycles. The van der Waals surface area contributed by atoms with E-state index in [1.807, 2.05) is 0 Å². The molecule has 0 aliphatic carbocycles. The fourth-order valence-corrected chi connectivity index (χ4v) is 1.44. The number of rotatable bonds is 6. The second kappa shape index (κ2) is 6.67. The lowest BCUT2D eigenvalue weighted by molar-refractivity contribution is -0.384. The van der Waals surface area contributed by atoms with Crippen molar-refractivity contribution < 1.29 is 14.5 Å². The molecular formula is C11H15N3O4. The van der Waals surface area contributed by atoms with Crippen LogP contribution in [-0.4, -0.2) is 31.1 Å². The van der Waals surface area contributed by atoms with Gasteiger partial charge in [0.2, 0.25) is 0 Å². The van der Waals surface area contributed by atoms with E-state index in [0.29, 0.717) is 0 Å². The largest absolute Gasteiger partial charge is 0.468 e. The van der Waals surface area contributed by atoms with Crippen LogP contribution >= 0.6 is 0 Å². The summed E-state index contributed by atoms with van der Waals surface area (Å²) in [6, 6.07) is 5.78. The number of benzene rings is 1. The van der Waals surface area contributed by atoms with Crippen LogP contribution in [0, 0.1) is 10.1 Å². The minimum atomic E-state index is -0.469. The van der Waals surface area contributed by atoms with E-state index in [0.717, 1.165) is 5.56 Å². The predicted octanol–water partition coefficient (Wildman–Crippen LogP) is 0.357. The first kappa shape index (κ1) is 14.1. The first-order valence-electron chi connectivity index (χ1n) is 5.33. The molecule has 0 fully saturated rings. The van der Waals surface area contributed by atoms with Gasteiger partial charge >= 0.3 is 5.97 Å². The highest BCUT2D eigenvalue weighted by Crippen LogP contribution is 2.16. The second-order valence-corrected chi connectivity index (χ2v) is 3.59. The summed E-state index contributed by atoms with van der Waals surface area (Å²) in [6.45, 7) is 0.310. The number of nitrogens with two attached hydrogens (primary N) is 1. The van der Waals surface area contributed by atoms with Crippen molar-refractivity contribution in [1.82, 2.24) is 5.32 Å². The van der Waals surface area contributed by atoms with Gasteiger partial charge in [-0.1, -0.05) is 12.1 Å². The Labute approximate surface area is 104 Å². The van der Waals surface area contributed by atoms with Gasteiger partial charge in [0.05, 0.1) is 18.6 Å². The van der Waals surface area contributed by atoms with Gasteiger partial charge in [-0.2, -0.15) is 0 Å². The molecule has 0 amide bonds. The number of carbonyl (C=O) groups is 1. The standard InChI is InChI=1S/C11H15N3O4/c1-18-11(15)7-13-10(6-12)8-2-4-9(5-3-8)14(16)17/h2-5,10,13H,6-7,12H2,1H3. The molecule has 0 aliphatic heterocycles. The molecule has 7 heteroatoms. The third kappa shape index (κ3) is 3.79. The maximum atomic E-state index is 11.0. The Balaban J connectivity index is 2.70. The van der Waals surface area contributed by atoms with Gasteiger partial charge < -0.3 is 10.5 Å². The van der Waals surface area contributed by atoms with Crippen molar-refractivity contribution in [2.75, 3.05) is 20.2 Å². The van der Waals surface area contributed by atoms with E-state index in [1.165, 1.54) is 19.2 Å². The highest BCUT2D eigenvalue weighted by atomic mass is 16.6. The maximum Gasteiger partial charge on any atom is 0.319 e. The molecule has 0 radical (unpaired) electrons. The van der Waals surface area contributed by atoms with Gasteiger partial charge in [0.15, 0.2) is 0 Å². The van der Waals surface area contributed by atoms with Crippen LogP contribution in [0.25, 0.3) is 0 Å². The van der Waals surface area contributed by atoms with Crippen molar-refractivity contribution in [1.29, 1.82) is 0 Å². The van der Waals surface area contributed by atoms with Crippen molar-refractivity contribution in [3.05, 3.63) is 39.9 Å². The first-order chi connectivity index (χ1) is 8.58. The number of nitro benzene ring substituents is 1. The summed E-state index contributed by atoms with van der Waals surface area (Å²) >= 11 is 0. The lowest BCUT2D eigenvalue weighted by atomic mass is 10.1. The van der Waals surface area contributed by atoms with Crippen LogP contribution < -0.4 is 11.1 Å². The fraction of sp³-hybridized carbons (Fsp3) is 0.364. The van der Waals surface area contributed by atoms with Crippen LogP contribution in [0.4, 0.5) is 5.69 Å². The van der Waals surface area contributed by atoms with E-state index >= 15 is 0 Å². The molecule has 0 saturated heterocycles. The van der Waals surface area contributed by atoms with Crippen molar-refractivity contribution in [3.63, 3.8) is 0 Å². The number of hydrogen-bond donors (Lipinski definition) is 2. The lowest BCUT2D eigenvalue weighted by Gasteiger charge is -2.16. The summed E-state index contributed by atoms with van der Waals surface area (Å²) in [7, 11) is 1.30. The zero-order valence-corrected chi connectivity index (χ0v) is 9.96. The maximum absolute atomic E-state index is 11.0. The van der Waals surface area contributed by atoms with E-state index in [9.17, 15) is 14.9 Å². The Hall–Kier alpha value is -1.99. The molecular weight excluding hydrogens is 238 g/mol. The molecule has 3 N–H and O–H groups in total. The molecule has 1 rings (SSSR count). The molecule has 0 saturated carbocycles. The summed E-state index contributed by atoms with van der Waals surface area (Å²) in [6.07, 6.45) is 0. The van der Waals surface area contributed by atoms with Gasteiger partial charge in [-0.3, -0.25) is 20.2 Å². The van der Waals surface area contributed by atoms with Gasteiger partial charge in [0.1, 0.15) is 0 Å². The predicted molar refractivity (Wildman–Crippen MR) is 64.9 cm³/mol. The number of esters is 1. The SMILES string of the molecule is COC(=O)CNC(CN)c1ccc([N+](=O)[O-])cc1. The van der Waals surface area contributed by atoms with E-state index in [1.54, 1.807) is 12.1 Å². The topological polar surface area (TPSA) is 107 Å². The summed E-state index contributed by atoms with van der Waals surface area (Å²) < 4.78 is 4.50. The van der Waals surface area contributed by atoms with E-state index in [4.69, 9.17) is 5.73 Å². The number of nitrogens with zero attached hydrogens (tertiary/aromatic N) is 1. The highest BCUT2D eigenvalue weighted by Gasteiger charge is 2.12. The molecule has 1 aromatic carbocycles. The molecule has 1 aromatic rings. The highest BCUT2D eigenvalue weighted by molar-refractivity contribution is 5.71. The lowest BCUT2D eigenvalue weighted by Crippen LogP contribution is -2.32. The van der Waals surface area contributed by atoms with Gasteiger partial charge in [0, 0.05) is 24.7 Å². The minimum absolute atomic E-state index is 0.0162. The van der Waals surface area contributed by atoms with Gasteiger partial charge in [-0.25, -0.2) is 0 Å². The molecule has 98 valence electrons. The van der Waals surface area contributed by atoms with E-state index < -0.39 is 10.9 Å². The number of carbonyl (C=O) groups excluding carboxylic acids is 1. The van der Waals surface area contributed by atoms with Crippen LogP contribution in [0.3, 0.4) is 0 Å². The quantitative estimate of drug-likeness (QED) is 0.430. The van der Waals surface area contributed by atoms with Crippen LogP contribution in [0.1, 0.15) is 11.6 Å². The summed E-state index contributed by atoms with van der Waals surface area (Å²) in [5.41, 5.74) is 6.38. The molecule has 0 aromatic heterocycles. The summed E-state index contributed by atoms with van der Waals surface area (Å²) in [5, 5.41) is 13.4. The molecule has 0 bridgehead atoms. The second-order valence-electron chi connectivity index (χ2n) is 3.59. The monoisotopic (exact) mass is 253 g/mol. The Bertz CT molecular complexity index is 419. The zero-order valence-electron chi connectivity index (χ0n) is 9.96. The van der Waals surface area contributed by atoms with E-state index in [2.05, 4.69) is 10.1 Å². The molecule has 0 aliphatic rings. The van der Waals surface area contributed by atoms with Crippen LogP contribution in [0.5, 0.6) is 0 Å². The molecule has 0 spiro atoms. The zero-order chi connectivity index (χ0) is 13.5. The smallest absolute Gasteiger partial charge is 0.319 e. The molecule has 1 atom stereocenters. The third-order valence-electron chi connectivity index (χ3n) is 2.46. The molecule has 1 unspecified atom stereocenters. The number of nitro groups is 1. The molecule has 7 nitrogen and oxygen atoms in total.